The minimum atomic E-state index is -0.290. The molecule has 5 nitrogen and oxygen atoms in total. The monoisotopic (exact) mass is 293 g/mol. The third kappa shape index (κ3) is 2.28. The number of aryl methyl sites for hydroxylation is 1. The van der Waals surface area contributed by atoms with Crippen molar-refractivity contribution in [2.45, 2.75) is 45.3 Å². The first-order valence-electron chi connectivity index (χ1n) is 7.71. The van der Waals surface area contributed by atoms with Crippen LogP contribution in [0.3, 0.4) is 0 Å². The Morgan fingerprint density at radius 2 is 2.24 bits per heavy atom. The van der Waals surface area contributed by atoms with Crippen molar-refractivity contribution in [3.8, 4) is 0 Å². The van der Waals surface area contributed by atoms with Crippen molar-refractivity contribution in [1.29, 1.82) is 0 Å². The molecule has 2 heterocycles. The van der Waals surface area contributed by atoms with E-state index in [0.717, 1.165) is 19.3 Å². The van der Waals surface area contributed by atoms with E-state index in [9.17, 15) is 9.90 Å². The number of aliphatic hydroxyl groups excluding tert-OH is 1. The van der Waals surface area contributed by atoms with Crippen LogP contribution in [0.1, 0.15) is 42.3 Å². The Morgan fingerprint density at radius 3 is 2.76 bits per heavy atom. The molecule has 116 valence electrons. The van der Waals surface area contributed by atoms with Gasteiger partial charge in [-0.25, -0.2) is 0 Å². The van der Waals surface area contributed by atoms with Gasteiger partial charge in [-0.2, -0.15) is 0 Å². The molecule has 2 fully saturated rings. The summed E-state index contributed by atoms with van der Waals surface area (Å²) >= 11 is 0. The van der Waals surface area contributed by atoms with Crippen LogP contribution in [0.15, 0.2) is 16.7 Å². The van der Waals surface area contributed by atoms with Crippen LogP contribution in [-0.2, 0) is 4.74 Å². The van der Waals surface area contributed by atoms with E-state index in [4.69, 9.17) is 9.15 Å². The van der Waals surface area contributed by atoms with Gasteiger partial charge in [-0.3, -0.25) is 4.79 Å². The predicted molar refractivity (Wildman–Crippen MR) is 77.1 cm³/mol. The standard InChI is InChI=1S/C16H23NO4/c1-3-20-14-10-13(18)16(14)5-7-17(8-6-16)15(19)12-4-9-21-11(12)2/h4,9,13-14,18H,3,5-8,10H2,1-2H3/t13-,14-/m0/s1. The molecule has 1 aromatic heterocycles. The summed E-state index contributed by atoms with van der Waals surface area (Å²) in [5.74, 6) is 0.689. The number of carbonyl (C=O) groups excluding carboxylic acids is 1. The topological polar surface area (TPSA) is 62.9 Å². The third-order valence-corrected chi connectivity index (χ3v) is 5.18. The van der Waals surface area contributed by atoms with Crippen LogP contribution >= 0.6 is 0 Å². The van der Waals surface area contributed by atoms with E-state index in [1.807, 2.05) is 11.8 Å². The number of aliphatic hydroxyl groups is 1. The molecule has 21 heavy (non-hydrogen) atoms. The SMILES string of the molecule is CCO[C@H]1C[C@H](O)C12CCN(C(=O)c1ccoc1C)CC2. The molecule has 2 atom stereocenters. The quantitative estimate of drug-likeness (QED) is 0.925. The van der Waals surface area contributed by atoms with E-state index in [1.54, 1.807) is 19.3 Å². The highest BCUT2D eigenvalue weighted by Crippen LogP contribution is 2.51. The summed E-state index contributed by atoms with van der Waals surface area (Å²) in [6.45, 7) is 5.81. The van der Waals surface area contributed by atoms with Crippen LogP contribution in [-0.4, -0.2) is 47.8 Å². The minimum absolute atomic E-state index is 0.0258. The molecular formula is C16H23NO4. The summed E-state index contributed by atoms with van der Waals surface area (Å²) in [5.41, 5.74) is 0.500. The van der Waals surface area contributed by atoms with Crippen molar-refractivity contribution >= 4 is 5.91 Å². The summed E-state index contributed by atoms with van der Waals surface area (Å²) in [7, 11) is 0. The van der Waals surface area contributed by atoms with E-state index >= 15 is 0 Å². The largest absolute Gasteiger partial charge is 0.469 e. The molecule has 1 amide bonds. The summed E-state index contributed by atoms with van der Waals surface area (Å²) < 4.78 is 11.0. The predicted octanol–water partition coefficient (Wildman–Crippen LogP) is 1.98. The average molecular weight is 293 g/mol. The second-order valence-electron chi connectivity index (χ2n) is 6.11. The number of likely N-dealkylation sites (tertiary alicyclic amines) is 1. The van der Waals surface area contributed by atoms with E-state index in [0.29, 0.717) is 31.0 Å². The Kier molecular flexibility index (Phi) is 3.80. The summed E-state index contributed by atoms with van der Waals surface area (Å²) in [5, 5.41) is 10.2. The van der Waals surface area contributed by atoms with Gasteiger partial charge in [0, 0.05) is 31.5 Å². The number of furan rings is 1. The summed E-state index contributed by atoms with van der Waals surface area (Å²) in [4.78, 5) is 14.3. The van der Waals surface area contributed by atoms with Crippen molar-refractivity contribution in [2.24, 2.45) is 5.41 Å². The van der Waals surface area contributed by atoms with Gasteiger partial charge in [-0.05, 0) is 32.8 Å². The highest BCUT2D eigenvalue weighted by Gasteiger charge is 2.56. The van der Waals surface area contributed by atoms with Gasteiger partial charge in [-0.1, -0.05) is 0 Å². The molecule has 3 rings (SSSR count). The zero-order valence-corrected chi connectivity index (χ0v) is 12.7. The van der Waals surface area contributed by atoms with Crippen LogP contribution < -0.4 is 0 Å². The highest BCUT2D eigenvalue weighted by atomic mass is 16.5. The number of ether oxygens (including phenoxy) is 1. The Bertz CT molecular complexity index is 514. The maximum atomic E-state index is 12.5. The number of amides is 1. The summed E-state index contributed by atoms with van der Waals surface area (Å²) in [6.07, 6.45) is 3.74. The van der Waals surface area contributed by atoms with E-state index < -0.39 is 0 Å². The molecule has 1 N–H and O–H groups in total. The smallest absolute Gasteiger partial charge is 0.257 e. The van der Waals surface area contributed by atoms with Crippen LogP contribution in [0.2, 0.25) is 0 Å². The minimum Gasteiger partial charge on any atom is -0.469 e. The van der Waals surface area contributed by atoms with E-state index in [2.05, 4.69) is 0 Å². The average Bonchev–Trinajstić information content (AvgIpc) is 2.92. The molecule has 1 saturated heterocycles. The number of piperidine rings is 1. The van der Waals surface area contributed by atoms with Crippen molar-refractivity contribution in [3.05, 3.63) is 23.7 Å². The van der Waals surface area contributed by atoms with Gasteiger partial charge in [0.1, 0.15) is 5.76 Å². The van der Waals surface area contributed by atoms with Crippen molar-refractivity contribution in [3.63, 3.8) is 0 Å². The Labute approximate surface area is 124 Å². The lowest BCUT2D eigenvalue weighted by Gasteiger charge is -2.56. The van der Waals surface area contributed by atoms with Crippen LogP contribution in [0.25, 0.3) is 0 Å². The highest BCUT2D eigenvalue weighted by molar-refractivity contribution is 5.95. The van der Waals surface area contributed by atoms with Crippen molar-refractivity contribution in [1.82, 2.24) is 4.90 Å². The van der Waals surface area contributed by atoms with Gasteiger partial charge in [0.15, 0.2) is 0 Å². The van der Waals surface area contributed by atoms with Crippen molar-refractivity contribution < 1.29 is 19.1 Å². The molecule has 1 saturated carbocycles. The normalized spacial score (nSPS) is 27.7. The summed E-state index contributed by atoms with van der Waals surface area (Å²) in [6, 6.07) is 1.73. The molecule has 1 spiro atoms. The third-order valence-electron chi connectivity index (χ3n) is 5.18. The molecule has 0 aromatic carbocycles. The first-order valence-corrected chi connectivity index (χ1v) is 7.71. The van der Waals surface area contributed by atoms with Gasteiger partial charge in [0.2, 0.25) is 0 Å². The van der Waals surface area contributed by atoms with Gasteiger partial charge in [-0.15, -0.1) is 0 Å². The second kappa shape index (κ2) is 5.46. The lowest BCUT2D eigenvalue weighted by molar-refractivity contribution is -0.207. The number of carbonyl (C=O) groups is 1. The van der Waals surface area contributed by atoms with Gasteiger partial charge >= 0.3 is 0 Å². The Hall–Kier alpha value is -1.33. The lowest BCUT2D eigenvalue weighted by atomic mass is 9.58. The van der Waals surface area contributed by atoms with Crippen LogP contribution in [0, 0.1) is 12.3 Å². The molecular weight excluding hydrogens is 270 g/mol. The number of rotatable bonds is 3. The number of hydrogen-bond acceptors (Lipinski definition) is 4. The lowest BCUT2D eigenvalue weighted by Crippen LogP contribution is -2.62. The van der Waals surface area contributed by atoms with Gasteiger partial charge in [0.05, 0.1) is 24.0 Å². The maximum absolute atomic E-state index is 12.5. The zero-order chi connectivity index (χ0) is 15.0. The van der Waals surface area contributed by atoms with Crippen LogP contribution in [0.4, 0.5) is 0 Å². The molecule has 0 unspecified atom stereocenters. The second-order valence-corrected chi connectivity index (χ2v) is 6.11. The number of nitrogens with zero attached hydrogens (tertiary/aromatic N) is 1. The molecule has 1 aliphatic carbocycles. The Morgan fingerprint density at radius 1 is 1.52 bits per heavy atom. The van der Waals surface area contributed by atoms with E-state index in [-0.39, 0.29) is 23.5 Å². The molecule has 1 aliphatic heterocycles. The first-order chi connectivity index (χ1) is 10.1. The molecule has 0 radical (unpaired) electrons. The fourth-order valence-electron chi connectivity index (χ4n) is 3.72. The molecule has 2 aliphatic rings. The molecule has 0 bridgehead atoms. The number of hydrogen-bond donors (Lipinski definition) is 1. The fourth-order valence-corrected chi connectivity index (χ4v) is 3.72. The van der Waals surface area contributed by atoms with Gasteiger partial charge in [0.25, 0.3) is 5.91 Å². The molecule has 1 aromatic rings. The fraction of sp³-hybridized carbons (Fsp3) is 0.688. The zero-order valence-electron chi connectivity index (χ0n) is 12.7. The molecule has 5 heteroatoms. The Balaban J connectivity index is 1.65. The van der Waals surface area contributed by atoms with Gasteiger partial charge < -0.3 is 19.2 Å². The first kappa shape index (κ1) is 14.6. The maximum Gasteiger partial charge on any atom is 0.257 e. The van der Waals surface area contributed by atoms with Crippen molar-refractivity contribution in [2.75, 3.05) is 19.7 Å². The van der Waals surface area contributed by atoms with E-state index in [1.165, 1.54) is 0 Å². The van der Waals surface area contributed by atoms with Crippen LogP contribution in [0.5, 0.6) is 0 Å².